The highest BCUT2D eigenvalue weighted by Gasteiger charge is 2.19. The monoisotopic (exact) mass is 307 g/mol. The smallest absolute Gasteiger partial charge is 0.256 e. The molecule has 0 aliphatic carbocycles. The minimum Gasteiger partial charge on any atom is -0.335 e. The Hall–Kier alpha value is -1.43. The number of hydrogen-bond acceptors (Lipinski definition) is 3. The zero-order chi connectivity index (χ0) is 14.1. The summed E-state index contributed by atoms with van der Waals surface area (Å²) in [6.45, 7) is 2.36. The average Bonchev–Trinajstić information content (AvgIpc) is 2.42. The van der Waals surface area contributed by atoms with Gasteiger partial charge in [0.2, 0.25) is 0 Å². The molecule has 2 N–H and O–H groups in total. The van der Waals surface area contributed by atoms with Crippen molar-refractivity contribution in [2.24, 2.45) is 0 Å². The summed E-state index contributed by atoms with van der Waals surface area (Å²) in [5.41, 5.74) is 2.87. The van der Waals surface area contributed by atoms with Gasteiger partial charge in [-0.15, -0.1) is 0 Å². The lowest BCUT2D eigenvalue weighted by Gasteiger charge is -2.27. The first kappa shape index (κ1) is 13.5. The first-order valence-corrected chi connectivity index (χ1v) is 7.21. The summed E-state index contributed by atoms with van der Waals surface area (Å²) in [5, 5.41) is 0.738. The number of nitrogens with zero attached hydrogens (tertiary/aromatic N) is 1. The number of aromatic nitrogens is 2. The molecule has 1 aromatic heterocycles. The standard InChI is InChI=1S/C14H14ClN3OS/c15-10-3-1-9(2-4-10)7-18-6-5-12-11(8-18)13(19)17-14(20)16-12/h1-4H,5-8H2,(H2,16,17,19,20). The van der Waals surface area contributed by atoms with E-state index in [1.165, 1.54) is 5.56 Å². The van der Waals surface area contributed by atoms with Crippen LogP contribution in [0.5, 0.6) is 0 Å². The number of nitrogens with one attached hydrogen (secondary N) is 2. The minimum atomic E-state index is -0.0791. The zero-order valence-corrected chi connectivity index (χ0v) is 12.4. The van der Waals surface area contributed by atoms with Gasteiger partial charge in [0.1, 0.15) is 0 Å². The quantitative estimate of drug-likeness (QED) is 0.839. The molecular formula is C14H14ClN3OS. The lowest BCUT2D eigenvalue weighted by Crippen LogP contribution is -2.35. The van der Waals surface area contributed by atoms with E-state index < -0.39 is 0 Å². The molecule has 0 spiro atoms. The maximum Gasteiger partial charge on any atom is 0.256 e. The first-order valence-electron chi connectivity index (χ1n) is 6.43. The predicted molar refractivity (Wildman–Crippen MR) is 81.5 cm³/mol. The molecule has 2 heterocycles. The van der Waals surface area contributed by atoms with Crippen molar-refractivity contribution in [3.8, 4) is 0 Å². The second-order valence-electron chi connectivity index (χ2n) is 4.95. The molecule has 1 aliphatic rings. The number of halogens is 1. The molecule has 20 heavy (non-hydrogen) atoms. The second-order valence-corrected chi connectivity index (χ2v) is 5.80. The molecule has 3 rings (SSSR count). The van der Waals surface area contributed by atoms with E-state index in [2.05, 4.69) is 14.9 Å². The topological polar surface area (TPSA) is 51.9 Å². The van der Waals surface area contributed by atoms with Gasteiger partial charge >= 0.3 is 0 Å². The van der Waals surface area contributed by atoms with Crippen molar-refractivity contribution < 1.29 is 0 Å². The van der Waals surface area contributed by atoms with Crippen molar-refractivity contribution in [2.45, 2.75) is 19.5 Å². The van der Waals surface area contributed by atoms with Gasteiger partial charge in [0, 0.05) is 36.8 Å². The predicted octanol–water partition coefficient (Wildman–Crippen LogP) is 2.64. The highest BCUT2D eigenvalue weighted by molar-refractivity contribution is 7.71. The number of benzene rings is 1. The summed E-state index contributed by atoms with van der Waals surface area (Å²) in [4.78, 5) is 19.9. The van der Waals surface area contributed by atoms with Crippen molar-refractivity contribution in [3.05, 3.63) is 61.2 Å². The SMILES string of the molecule is O=c1[nH]c(=S)[nH]c2c1CN(Cc1ccc(Cl)cc1)CC2. The van der Waals surface area contributed by atoms with E-state index in [9.17, 15) is 4.79 Å². The van der Waals surface area contributed by atoms with E-state index in [-0.39, 0.29) is 5.56 Å². The molecule has 0 atom stereocenters. The normalized spacial score (nSPS) is 15.1. The van der Waals surface area contributed by atoms with Crippen molar-refractivity contribution >= 4 is 23.8 Å². The molecule has 1 aliphatic heterocycles. The van der Waals surface area contributed by atoms with Crippen molar-refractivity contribution in [2.75, 3.05) is 6.54 Å². The number of rotatable bonds is 2. The molecule has 0 saturated carbocycles. The van der Waals surface area contributed by atoms with Crippen LogP contribution in [0.3, 0.4) is 0 Å². The Kier molecular flexibility index (Phi) is 3.74. The number of fused-ring (bicyclic) bond motifs is 1. The Morgan fingerprint density at radius 3 is 2.75 bits per heavy atom. The summed E-state index contributed by atoms with van der Waals surface area (Å²) in [6.07, 6.45) is 0.816. The lowest BCUT2D eigenvalue weighted by molar-refractivity contribution is 0.241. The number of hydrogen-bond donors (Lipinski definition) is 2. The van der Waals surface area contributed by atoms with Gasteiger partial charge in [-0.05, 0) is 29.9 Å². The van der Waals surface area contributed by atoms with E-state index in [4.69, 9.17) is 23.8 Å². The average molecular weight is 308 g/mol. The highest BCUT2D eigenvalue weighted by atomic mass is 35.5. The summed E-state index contributed by atoms with van der Waals surface area (Å²) >= 11 is 10.9. The fraction of sp³-hybridized carbons (Fsp3) is 0.286. The van der Waals surface area contributed by atoms with Crippen molar-refractivity contribution in [1.29, 1.82) is 0 Å². The van der Waals surface area contributed by atoms with Crippen LogP contribution in [0.25, 0.3) is 0 Å². The number of aromatic amines is 2. The van der Waals surface area contributed by atoms with Gasteiger partial charge in [0.25, 0.3) is 5.56 Å². The van der Waals surface area contributed by atoms with Crippen LogP contribution in [0.4, 0.5) is 0 Å². The second kappa shape index (κ2) is 5.52. The van der Waals surface area contributed by atoms with Crippen molar-refractivity contribution in [3.63, 3.8) is 0 Å². The van der Waals surface area contributed by atoms with Gasteiger partial charge in [-0.3, -0.25) is 14.7 Å². The molecule has 0 bridgehead atoms. The van der Waals surface area contributed by atoms with Crippen LogP contribution in [-0.2, 0) is 19.5 Å². The summed E-state index contributed by atoms with van der Waals surface area (Å²) in [5.74, 6) is 0. The molecule has 0 radical (unpaired) electrons. The van der Waals surface area contributed by atoms with E-state index >= 15 is 0 Å². The molecule has 0 saturated heterocycles. The molecule has 1 aromatic carbocycles. The Balaban J connectivity index is 1.80. The van der Waals surface area contributed by atoms with Crippen LogP contribution >= 0.6 is 23.8 Å². The van der Waals surface area contributed by atoms with Crippen LogP contribution in [-0.4, -0.2) is 21.4 Å². The molecule has 0 unspecified atom stereocenters. The maximum atomic E-state index is 11.9. The van der Waals surface area contributed by atoms with Crippen LogP contribution in [0.2, 0.25) is 5.02 Å². The largest absolute Gasteiger partial charge is 0.335 e. The lowest BCUT2D eigenvalue weighted by atomic mass is 10.1. The number of H-pyrrole nitrogens is 2. The maximum absolute atomic E-state index is 11.9. The summed E-state index contributed by atoms with van der Waals surface area (Å²) < 4.78 is 0.403. The van der Waals surface area contributed by atoms with E-state index in [1.54, 1.807) is 0 Å². The Morgan fingerprint density at radius 1 is 1.25 bits per heavy atom. The Bertz CT molecular complexity index is 735. The first-order chi connectivity index (χ1) is 9.61. The van der Waals surface area contributed by atoms with Gasteiger partial charge in [-0.2, -0.15) is 0 Å². The van der Waals surface area contributed by atoms with Gasteiger partial charge in [0.05, 0.1) is 5.56 Å². The third-order valence-electron chi connectivity index (χ3n) is 3.51. The van der Waals surface area contributed by atoms with Gasteiger partial charge in [-0.25, -0.2) is 0 Å². The minimum absolute atomic E-state index is 0.0791. The fourth-order valence-corrected chi connectivity index (χ4v) is 2.84. The van der Waals surface area contributed by atoms with Crippen LogP contribution < -0.4 is 5.56 Å². The third-order valence-corrected chi connectivity index (χ3v) is 3.97. The van der Waals surface area contributed by atoms with Crippen LogP contribution in [0.1, 0.15) is 16.8 Å². The van der Waals surface area contributed by atoms with E-state index in [1.807, 2.05) is 24.3 Å². The Morgan fingerprint density at radius 2 is 2.00 bits per heavy atom. The van der Waals surface area contributed by atoms with E-state index in [0.29, 0.717) is 11.3 Å². The molecule has 4 nitrogen and oxygen atoms in total. The molecule has 0 fully saturated rings. The molecule has 104 valence electrons. The Labute approximate surface area is 126 Å². The van der Waals surface area contributed by atoms with Crippen LogP contribution in [0.15, 0.2) is 29.1 Å². The van der Waals surface area contributed by atoms with Gasteiger partial charge < -0.3 is 4.98 Å². The van der Waals surface area contributed by atoms with Gasteiger partial charge in [0.15, 0.2) is 4.77 Å². The summed E-state index contributed by atoms with van der Waals surface area (Å²) in [7, 11) is 0. The van der Waals surface area contributed by atoms with Gasteiger partial charge in [-0.1, -0.05) is 23.7 Å². The van der Waals surface area contributed by atoms with Crippen LogP contribution in [0, 0.1) is 4.77 Å². The third kappa shape index (κ3) is 2.85. The highest BCUT2D eigenvalue weighted by Crippen LogP contribution is 2.17. The molecular weight excluding hydrogens is 294 g/mol. The fourth-order valence-electron chi connectivity index (χ4n) is 2.50. The molecule has 6 heteroatoms. The molecule has 2 aromatic rings. The van der Waals surface area contributed by atoms with Crippen molar-refractivity contribution in [1.82, 2.24) is 14.9 Å². The van der Waals surface area contributed by atoms with E-state index in [0.717, 1.165) is 35.8 Å². The zero-order valence-electron chi connectivity index (χ0n) is 10.8. The molecule has 0 amide bonds. The summed E-state index contributed by atoms with van der Waals surface area (Å²) in [6, 6.07) is 7.80.